The Labute approximate surface area is 135 Å². The molecule has 4 nitrogen and oxygen atoms in total. The second kappa shape index (κ2) is 6.46. The van der Waals surface area contributed by atoms with Gasteiger partial charge in [0.1, 0.15) is 9.84 Å². The summed E-state index contributed by atoms with van der Waals surface area (Å²) in [5, 5.41) is 0.918. The average Bonchev–Trinajstić information content (AvgIpc) is 2.85. The third-order valence-corrected chi connectivity index (χ3v) is 5.95. The molecule has 22 heavy (non-hydrogen) atoms. The zero-order chi connectivity index (χ0) is 15.6. The van der Waals surface area contributed by atoms with E-state index in [1.165, 1.54) is 42.2 Å². The maximum absolute atomic E-state index is 11.3. The van der Waals surface area contributed by atoms with Crippen LogP contribution in [0.5, 0.6) is 0 Å². The Bertz CT molecular complexity index is 752. The molecule has 0 aliphatic heterocycles. The summed E-state index contributed by atoms with van der Waals surface area (Å²) in [5.74, 6) is 0.728. The van der Waals surface area contributed by atoms with Crippen LogP contribution < -0.4 is 0 Å². The standard InChI is InChI=1S/C16H20N2O2S2/c1-22(19,20)12-11-21-16-17-14-9-5-6-10-15(14)18(16)13-7-3-2-4-8-13/h2-4,7-8H,5-6,9-12H2,1H3. The Morgan fingerprint density at radius 3 is 2.64 bits per heavy atom. The van der Waals surface area contributed by atoms with Crippen LogP contribution in [0.4, 0.5) is 0 Å². The van der Waals surface area contributed by atoms with Crippen molar-refractivity contribution in [2.75, 3.05) is 17.8 Å². The Kier molecular flexibility index (Phi) is 4.59. The number of aromatic nitrogens is 2. The summed E-state index contributed by atoms with van der Waals surface area (Å²) in [6.45, 7) is 0. The zero-order valence-corrected chi connectivity index (χ0v) is 14.3. The lowest BCUT2D eigenvalue weighted by Gasteiger charge is -2.15. The number of sulfone groups is 1. The maximum atomic E-state index is 11.3. The first-order chi connectivity index (χ1) is 10.5. The summed E-state index contributed by atoms with van der Waals surface area (Å²) < 4.78 is 24.9. The largest absolute Gasteiger partial charge is 0.292 e. The molecule has 0 fully saturated rings. The van der Waals surface area contributed by atoms with E-state index in [0.29, 0.717) is 5.75 Å². The molecule has 0 unspecified atom stereocenters. The third-order valence-electron chi connectivity index (χ3n) is 3.80. The summed E-state index contributed by atoms with van der Waals surface area (Å²) >= 11 is 1.53. The van der Waals surface area contributed by atoms with Crippen LogP contribution in [-0.2, 0) is 22.7 Å². The van der Waals surface area contributed by atoms with Crippen LogP contribution in [0, 0.1) is 0 Å². The Hall–Kier alpha value is -1.27. The average molecular weight is 336 g/mol. The lowest BCUT2D eigenvalue weighted by atomic mass is 10.0. The molecule has 0 saturated carbocycles. The van der Waals surface area contributed by atoms with Crippen molar-refractivity contribution in [1.29, 1.82) is 0 Å². The number of hydrogen-bond donors (Lipinski definition) is 0. The quantitative estimate of drug-likeness (QED) is 0.788. The normalized spacial score (nSPS) is 14.8. The zero-order valence-electron chi connectivity index (χ0n) is 12.7. The van der Waals surface area contributed by atoms with E-state index in [-0.39, 0.29) is 5.75 Å². The molecular weight excluding hydrogens is 316 g/mol. The third kappa shape index (κ3) is 3.55. The molecule has 0 N–H and O–H groups in total. The second-order valence-corrected chi connectivity index (χ2v) is 8.97. The van der Waals surface area contributed by atoms with Gasteiger partial charge in [0.15, 0.2) is 5.16 Å². The minimum absolute atomic E-state index is 0.185. The summed E-state index contributed by atoms with van der Waals surface area (Å²) in [5.41, 5.74) is 3.58. The van der Waals surface area contributed by atoms with Crippen LogP contribution in [-0.4, -0.2) is 35.7 Å². The van der Waals surface area contributed by atoms with E-state index < -0.39 is 9.84 Å². The summed E-state index contributed by atoms with van der Waals surface area (Å²) in [4.78, 5) is 4.78. The van der Waals surface area contributed by atoms with E-state index in [4.69, 9.17) is 4.98 Å². The topological polar surface area (TPSA) is 52.0 Å². The number of para-hydroxylation sites is 1. The minimum atomic E-state index is -2.93. The molecule has 0 amide bonds. The van der Waals surface area contributed by atoms with Crippen LogP contribution in [0.2, 0.25) is 0 Å². The number of imidazole rings is 1. The van der Waals surface area contributed by atoms with Crippen molar-refractivity contribution in [3.05, 3.63) is 41.7 Å². The highest BCUT2D eigenvalue weighted by Crippen LogP contribution is 2.30. The molecule has 1 aromatic carbocycles. The van der Waals surface area contributed by atoms with E-state index >= 15 is 0 Å². The maximum Gasteiger partial charge on any atom is 0.173 e. The van der Waals surface area contributed by atoms with Crippen molar-refractivity contribution in [3.8, 4) is 5.69 Å². The lowest BCUT2D eigenvalue weighted by molar-refractivity contribution is 0.603. The second-order valence-electron chi connectivity index (χ2n) is 5.64. The Morgan fingerprint density at radius 2 is 1.91 bits per heavy atom. The summed E-state index contributed by atoms with van der Waals surface area (Å²) in [7, 11) is -2.93. The number of nitrogens with zero attached hydrogens (tertiary/aromatic N) is 2. The van der Waals surface area contributed by atoms with Gasteiger partial charge in [0.05, 0.1) is 11.4 Å². The Balaban J connectivity index is 1.93. The van der Waals surface area contributed by atoms with Gasteiger partial charge in [-0.2, -0.15) is 0 Å². The number of hydrogen-bond acceptors (Lipinski definition) is 4. The molecule has 1 heterocycles. The molecule has 3 rings (SSSR count). The SMILES string of the molecule is CS(=O)(=O)CCSc1nc2c(n1-c1ccccc1)CCCC2. The fraction of sp³-hybridized carbons (Fsp3) is 0.438. The fourth-order valence-corrected chi connectivity index (χ4v) is 4.99. The van der Waals surface area contributed by atoms with Gasteiger partial charge in [-0.3, -0.25) is 4.57 Å². The summed E-state index contributed by atoms with van der Waals surface area (Å²) in [6.07, 6.45) is 5.73. The van der Waals surface area contributed by atoms with Crippen LogP contribution in [0.25, 0.3) is 5.69 Å². The number of benzene rings is 1. The first-order valence-electron chi connectivity index (χ1n) is 7.51. The van der Waals surface area contributed by atoms with Crippen LogP contribution in [0.1, 0.15) is 24.2 Å². The Morgan fingerprint density at radius 1 is 1.18 bits per heavy atom. The van der Waals surface area contributed by atoms with Crippen LogP contribution in [0.3, 0.4) is 0 Å². The smallest absolute Gasteiger partial charge is 0.173 e. The minimum Gasteiger partial charge on any atom is -0.292 e. The highest BCUT2D eigenvalue weighted by Gasteiger charge is 2.21. The fourth-order valence-electron chi connectivity index (χ4n) is 2.74. The van der Waals surface area contributed by atoms with E-state index in [0.717, 1.165) is 23.7 Å². The van der Waals surface area contributed by atoms with Crippen molar-refractivity contribution in [2.24, 2.45) is 0 Å². The number of aryl methyl sites for hydroxylation is 1. The highest BCUT2D eigenvalue weighted by atomic mass is 32.2. The van der Waals surface area contributed by atoms with Crippen molar-refractivity contribution in [3.63, 3.8) is 0 Å². The van der Waals surface area contributed by atoms with Gasteiger partial charge in [-0.05, 0) is 37.8 Å². The number of rotatable bonds is 5. The van der Waals surface area contributed by atoms with Gasteiger partial charge >= 0.3 is 0 Å². The lowest BCUT2D eigenvalue weighted by Crippen LogP contribution is -2.08. The molecule has 1 aliphatic carbocycles. The predicted octanol–water partition coefficient (Wildman–Crippen LogP) is 2.89. The van der Waals surface area contributed by atoms with Gasteiger partial charge in [0.25, 0.3) is 0 Å². The first-order valence-corrected chi connectivity index (χ1v) is 10.6. The van der Waals surface area contributed by atoms with Crippen molar-refractivity contribution in [2.45, 2.75) is 30.8 Å². The molecule has 0 spiro atoms. The highest BCUT2D eigenvalue weighted by molar-refractivity contribution is 8.00. The van der Waals surface area contributed by atoms with Crippen molar-refractivity contribution in [1.82, 2.24) is 9.55 Å². The van der Waals surface area contributed by atoms with Gasteiger partial charge < -0.3 is 0 Å². The monoisotopic (exact) mass is 336 g/mol. The molecule has 0 saturated heterocycles. The van der Waals surface area contributed by atoms with E-state index in [1.54, 1.807) is 0 Å². The van der Waals surface area contributed by atoms with Gasteiger partial charge in [0, 0.05) is 23.4 Å². The number of fused-ring (bicyclic) bond motifs is 1. The van der Waals surface area contributed by atoms with Gasteiger partial charge in [-0.1, -0.05) is 30.0 Å². The molecule has 0 radical (unpaired) electrons. The molecule has 2 aromatic rings. The van der Waals surface area contributed by atoms with Crippen molar-refractivity contribution >= 4 is 21.6 Å². The molecule has 1 aromatic heterocycles. The molecular formula is C16H20N2O2S2. The van der Waals surface area contributed by atoms with Crippen LogP contribution >= 0.6 is 11.8 Å². The predicted molar refractivity (Wildman–Crippen MR) is 90.6 cm³/mol. The molecule has 118 valence electrons. The van der Waals surface area contributed by atoms with Gasteiger partial charge in [0.2, 0.25) is 0 Å². The molecule has 0 atom stereocenters. The number of thioether (sulfide) groups is 1. The van der Waals surface area contributed by atoms with E-state index in [1.807, 2.05) is 18.2 Å². The summed E-state index contributed by atoms with van der Waals surface area (Å²) in [6, 6.07) is 10.2. The van der Waals surface area contributed by atoms with Gasteiger partial charge in [-0.25, -0.2) is 13.4 Å². The van der Waals surface area contributed by atoms with E-state index in [9.17, 15) is 8.42 Å². The molecule has 0 bridgehead atoms. The van der Waals surface area contributed by atoms with Crippen molar-refractivity contribution < 1.29 is 8.42 Å². The van der Waals surface area contributed by atoms with Gasteiger partial charge in [-0.15, -0.1) is 0 Å². The molecule has 1 aliphatic rings. The van der Waals surface area contributed by atoms with E-state index in [2.05, 4.69) is 16.7 Å². The molecule has 6 heteroatoms. The van der Waals surface area contributed by atoms with Crippen LogP contribution in [0.15, 0.2) is 35.5 Å². The first kappa shape index (κ1) is 15.6.